The Balaban J connectivity index is 1.81. The summed E-state index contributed by atoms with van der Waals surface area (Å²) < 4.78 is 10.3. The number of hydrogen-bond donors (Lipinski definition) is 0. The Morgan fingerprint density at radius 2 is 1.83 bits per heavy atom. The van der Waals surface area contributed by atoms with Crippen molar-refractivity contribution in [1.82, 2.24) is 4.98 Å². The summed E-state index contributed by atoms with van der Waals surface area (Å²) in [6.07, 6.45) is 3.18. The van der Waals surface area contributed by atoms with Crippen LogP contribution in [0.5, 0.6) is 5.75 Å². The van der Waals surface area contributed by atoms with Crippen LogP contribution < -0.4 is 9.64 Å². The lowest BCUT2D eigenvalue weighted by atomic mass is 9.92. The standard InChI is InChI=1S/C25H20N2O3/c1-27-21-12-15(9-11-23(28)30-3)8-10-18(21)25-24-19(13-16(29-2)14-22(24)27)17-6-4-5-7-20(17)26-25/h4-14H,1-3H3/b11-9+. The van der Waals surface area contributed by atoms with Gasteiger partial charge in [0, 0.05) is 35.5 Å². The predicted molar refractivity (Wildman–Crippen MR) is 120 cm³/mol. The highest BCUT2D eigenvalue weighted by atomic mass is 16.5. The molecule has 148 valence electrons. The van der Waals surface area contributed by atoms with E-state index in [1.807, 2.05) is 37.4 Å². The molecule has 4 aromatic rings. The summed E-state index contributed by atoms with van der Waals surface area (Å²) in [5.41, 5.74) is 5.93. The molecule has 1 aliphatic rings. The van der Waals surface area contributed by atoms with Crippen molar-refractivity contribution in [2.45, 2.75) is 0 Å². The maximum absolute atomic E-state index is 11.5. The molecule has 1 aliphatic heterocycles. The molecule has 2 heterocycles. The van der Waals surface area contributed by atoms with Gasteiger partial charge in [0.15, 0.2) is 0 Å². The van der Waals surface area contributed by atoms with Crippen molar-refractivity contribution in [1.29, 1.82) is 0 Å². The summed E-state index contributed by atoms with van der Waals surface area (Å²) in [5.74, 6) is 0.422. The number of nitrogens with zero attached hydrogens (tertiary/aromatic N) is 2. The SMILES string of the molecule is COC(=O)/C=C/c1ccc2c(c1)N(C)c1cc(OC)cc3c1c-2nc1ccccc13. The van der Waals surface area contributed by atoms with Crippen LogP contribution >= 0.6 is 0 Å². The molecule has 0 unspecified atom stereocenters. The van der Waals surface area contributed by atoms with Crippen LogP contribution in [0.15, 0.2) is 60.7 Å². The fourth-order valence-corrected chi connectivity index (χ4v) is 4.11. The zero-order valence-corrected chi connectivity index (χ0v) is 17.0. The second kappa shape index (κ2) is 6.88. The fourth-order valence-electron chi connectivity index (χ4n) is 4.11. The normalized spacial score (nSPS) is 12.4. The van der Waals surface area contributed by atoms with Crippen molar-refractivity contribution >= 4 is 45.1 Å². The van der Waals surface area contributed by atoms with Crippen LogP contribution in [-0.2, 0) is 9.53 Å². The van der Waals surface area contributed by atoms with Gasteiger partial charge in [-0.15, -0.1) is 0 Å². The largest absolute Gasteiger partial charge is 0.497 e. The van der Waals surface area contributed by atoms with E-state index in [0.29, 0.717) is 0 Å². The van der Waals surface area contributed by atoms with Gasteiger partial charge in [-0.25, -0.2) is 9.78 Å². The highest BCUT2D eigenvalue weighted by Crippen LogP contribution is 2.49. The minimum atomic E-state index is -0.380. The molecule has 0 spiro atoms. The number of ether oxygens (including phenoxy) is 2. The van der Waals surface area contributed by atoms with E-state index in [2.05, 4.69) is 29.2 Å². The lowest BCUT2D eigenvalue weighted by molar-refractivity contribution is -0.134. The molecular formula is C25H20N2O3. The highest BCUT2D eigenvalue weighted by Gasteiger charge is 2.25. The second-order valence-electron chi connectivity index (χ2n) is 7.24. The van der Waals surface area contributed by atoms with Gasteiger partial charge in [0.1, 0.15) is 5.75 Å². The molecule has 0 saturated carbocycles. The van der Waals surface area contributed by atoms with Crippen molar-refractivity contribution in [2.24, 2.45) is 0 Å². The van der Waals surface area contributed by atoms with Crippen LogP contribution in [0.1, 0.15) is 5.56 Å². The zero-order chi connectivity index (χ0) is 20.8. The monoisotopic (exact) mass is 396 g/mol. The number of anilines is 2. The number of benzene rings is 3. The van der Waals surface area contributed by atoms with E-state index in [0.717, 1.165) is 55.6 Å². The maximum atomic E-state index is 11.5. The zero-order valence-electron chi connectivity index (χ0n) is 17.0. The summed E-state index contributed by atoms with van der Waals surface area (Å²) in [5, 5.41) is 3.34. The van der Waals surface area contributed by atoms with Gasteiger partial charge in [0.25, 0.3) is 0 Å². The molecule has 0 fully saturated rings. The first-order chi connectivity index (χ1) is 14.6. The van der Waals surface area contributed by atoms with Crippen LogP contribution in [0.3, 0.4) is 0 Å². The quantitative estimate of drug-likeness (QED) is 0.266. The van der Waals surface area contributed by atoms with Crippen molar-refractivity contribution in [3.63, 3.8) is 0 Å². The third-order valence-electron chi connectivity index (χ3n) is 5.60. The van der Waals surface area contributed by atoms with E-state index in [4.69, 9.17) is 14.5 Å². The van der Waals surface area contributed by atoms with Gasteiger partial charge in [-0.1, -0.05) is 30.3 Å². The van der Waals surface area contributed by atoms with Crippen LogP contribution in [-0.4, -0.2) is 32.2 Å². The first kappa shape index (κ1) is 18.2. The van der Waals surface area contributed by atoms with Gasteiger partial charge in [-0.2, -0.15) is 0 Å². The van der Waals surface area contributed by atoms with E-state index in [9.17, 15) is 4.79 Å². The molecule has 0 saturated heterocycles. The Hall–Kier alpha value is -3.86. The molecular weight excluding hydrogens is 376 g/mol. The van der Waals surface area contributed by atoms with Crippen molar-refractivity contribution in [3.8, 4) is 17.0 Å². The lowest BCUT2D eigenvalue weighted by Gasteiger charge is -2.30. The summed E-state index contributed by atoms with van der Waals surface area (Å²) in [6.45, 7) is 0. The number of carbonyl (C=O) groups is 1. The molecule has 5 heteroatoms. The lowest BCUT2D eigenvalue weighted by Crippen LogP contribution is -2.16. The minimum Gasteiger partial charge on any atom is -0.497 e. The van der Waals surface area contributed by atoms with Gasteiger partial charge in [-0.3, -0.25) is 0 Å². The Labute approximate surface area is 174 Å². The topological polar surface area (TPSA) is 51.7 Å². The Morgan fingerprint density at radius 3 is 2.63 bits per heavy atom. The van der Waals surface area contributed by atoms with Crippen LogP contribution in [0.4, 0.5) is 11.4 Å². The van der Waals surface area contributed by atoms with Crippen molar-refractivity contribution < 1.29 is 14.3 Å². The highest BCUT2D eigenvalue weighted by molar-refractivity contribution is 6.19. The van der Waals surface area contributed by atoms with E-state index < -0.39 is 0 Å². The smallest absolute Gasteiger partial charge is 0.330 e. The average Bonchev–Trinajstić information content (AvgIpc) is 2.80. The van der Waals surface area contributed by atoms with E-state index in [1.54, 1.807) is 13.2 Å². The summed E-state index contributed by atoms with van der Waals surface area (Å²) in [7, 11) is 5.10. The molecule has 0 amide bonds. The summed E-state index contributed by atoms with van der Waals surface area (Å²) >= 11 is 0. The minimum absolute atomic E-state index is 0.380. The number of para-hydroxylation sites is 1. The number of esters is 1. The average molecular weight is 396 g/mol. The summed E-state index contributed by atoms with van der Waals surface area (Å²) in [6, 6.07) is 18.4. The molecule has 1 aromatic heterocycles. The predicted octanol–water partition coefficient (Wildman–Crippen LogP) is 5.33. The van der Waals surface area contributed by atoms with E-state index in [1.165, 1.54) is 13.2 Å². The number of fused-ring (bicyclic) bond motifs is 4. The first-order valence-electron chi connectivity index (χ1n) is 9.65. The van der Waals surface area contributed by atoms with Gasteiger partial charge in [0.05, 0.1) is 36.8 Å². The molecule has 3 aromatic carbocycles. The molecule has 5 rings (SSSR count). The van der Waals surface area contributed by atoms with Gasteiger partial charge in [0.2, 0.25) is 0 Å². The third-order valence-corrected chi connectivity index (χ3v) is 5.60. The first-order valence-corrected chi connectivity index (χ1v) is 9.65. The Morgan fingerprint density at radius 1 is 1.00 bits per heavy atom. The van der Waals surface area contributed by atoms with Crippen LogP contribution in [0, 0.1) is 0 Å². The molecule has 0 aliphatic carbocycles. The summed E-state index contributed by atoms with van der Waals surface area (Å²) in [4.78, 5) is 18.7. The number of pyridine rings is 1. The Kier molecular flexibility index (Phi) is 4.17. The fraction of sp³-hybridized carbons (Fsp3) is 0.120. The molecule has 5 nitrogen and oxygen atoms in total. The van der Waals surface area contributed by atoms with Crippen LogP contribution in [0.25, 0.3) is 39.0 Å². The van der Waals surface area contributed by atoms with E-state index in [-0.39, 0.29) is 5.97 Å². The Bertz CT molecular complexity index is 1360. The number of methoxy groups -OCH3 is 2. The van der Waals surface area contributed by atoms with Gasteiger partial charge >= 0.3 is 5.97 Å². The third kappa shape index (κ3) is 2.70. The molecule has 0 bridgehead atoms. The maximum Gasteiger partial charge on any atom is 0.330 e. The van der Waals surface area contributed by atoms with Crippen molar-refractivity contribution in [2.75, 3.05) is 26.2 Å². The number of aromatic nitrogens is 1. The molecule has 0 atom stereocenters. The number of rotatable bonds is 3. The van der Waals surface area contributed by atoms with Crippen molar-refractivity contribution in [3.05, 3.63) is 66.2 Å². The second-order valence-corrected chi connectivity index (χ2v) is 7.24. The van der Waals surface area contributed by atoms with E-state index >= 15 is 0 Å². The number of carbonyl (C=O) groups excluding carboxylic acids is 1. The van der Waals surface area contributed by atoms with Gasteiger partial charge < -0.3 is 14.4 Å². The van der Waals surface area contributed by atoms with Gasteiger partial charge in [-0.05, 0) is 35.2 Å². The molecule has 0 radical (unpaired) electrons. The van der Waals surface area contributed by atoms with Crippen LogP contribution in [0.2, 0.25) is 0 Å². The molecule has 0 N–H and O–H groups in total. The molecule has 30 heavy (non-hydrogen) atoms. The number of hydrogen-bond acceptors (Lipinski definition) is 5.